The number of hydrogen-bond acceptors (Lipinski definition) is 3. The molecule has 23 heavy (non-hydrogen) atoms. The number of carbonyl (C=O) groups is 1. The van der Waals surface area contributed by atoms with Gasteiger partial charge in [-0.3, -0.25) is 4.79 Å². The fourth-order valence-corrected chi connectivity index (χ4v) is 3.03. The average Bonchev–Trinajstić information content (AvgIpc) is 2.52. The molecule has 0 saturated carbocycles. The van der Waals surface area contributed by atoms with E-state index in [2.05, 4.69) is 5.32 Å². The average molecular weight is 391 g/mol. The monoisotopic (exact) mass is 389 g/mol. The van der Waals surface area contributed by atoms with Crippen LogP contribution in [0.15, 0.2) is 42.5 Å². The fraction of sp³-hybridized carbons (Fsp3) is 0.188. The maximum atomic E-state index is 11.8. The summed E-state index contributed by atoms with van der Waals surface area (Å²) in [4.78, 5) is 11.8. The molecule has 0 saturated heterocycles. The van der Waals surface area contributed by atoms with E-state index in [-0.39, 0.29) is 5.91 Å². The summed E-state index contributed by atoms with van der Waals surface area (Å²) in [5.41, 5.74) is 0.610. The molecule has 2 rings (SSSR count). The minimum Gasteiger partial charge on any atom is -0.490 e. The normalized spacial score (nSPS) is 10.4. The van der Waals surface area contributed by atoms with Gasteiger partial charge in [0, 0.05) is 5.75 Å². The molecule has 0 atom stereocenters. The number of rotatable bonds is 7. The maximum Gasteiger partial charge on any atom is 0.234 e. The lowest BCUT2D eigenvalue weighted by Crippen LogP contribution is -2.15. The van der Waals surface area contributed by atoms with Crippen molar-refractivity contribution in [2.75, 3.05) is 23.4 Å². The van der Waals surface area contributed by atoms with Crippen LogP contribution in [-0.4, -0.2) is 24.0 Å². The number of hydrogen-bond donors (Lipinski definition) is 1. The third kappa shape index (κ3) is 5.81. The summed E-state index contributed by atoms with van der Waals surface area (Å²) in [6.07, 6.45) is 0. The first-order chi connectivity index (χ1) is 11.1. The third-order valence-corrected chi connectivity index (χ3v) is 4.62. The molecule has 1 amide bonds. The second-order valence-electron chi connectivity index (χ2n) is 4.48. The van der Waals surface area contributed by atoms with Crippen molar-refractivity contribution in [3.63, 3.8) is 0 Å². The Labute approximate surface area is 154 Å². The van der Waals surface area contributed by atoms with E-state index in [0.717, 1.165) is 0 Å². The van der Waals surface area contributed by atoms with Crippen molar-refractivity contribution in [3.05, 3.63) is 57.5 Å². The van der Waals surface area contributed by atoms with Crippen molar-refractivity contribution in [1.82, 2.24) is 0 Å². The van der Waals surface area contributed by atoms with Crippen LogP contribution in [0.2, 0.25) is 15.1 Å². The molecular formula is C16H14Cl3NO2S. The summed E-state index contributed by atoms with van der Waals surface area (Å²) in [7, 11) is 0. The van der Waals surface area contributed by atoms with Gasteiger partial charge >= 0.3 is 0 Å². The number of benzene rings is 2. The molecule has 1 N–H and O–H groups in total. The number of carbonyl (C=O) groups excluding carboxylic acids is 1. The van der Waals surface area contributed by atoms with Crippen LogP contribution < -0.4 is 10.1 Å². The molecule has 0 bridgehead atoms. The Bertz CT molecular complexity index is 662. The highest BCUT2D eigenvalue weighted by molar-refractivity contribution is 7.99. The SMILES string of the molecule is O=C(CSCCOc1c(Cl)cccc1Cl)Nc1ccccc1Cl. The number of anilines is 1. The predicted octanol–water partition coefficient (Wildman–Crippen LogP) is 5.40. The zero-order chi connectivity index (χ0) is 16.7. The quantitative estimate of drug-likeness (QED) is 0.643. The smallest absolute Gasteiger partial charge is 0.234 e. The summed E-state index contributed by atoms with van der Waals surface area (Å²) >= 11 is 19.4. The van der Waals surface area contributed by atoms with Gasteiger partial charge in [-0.25, -0.2) is 0 Å². The highest BCUT2D eigenvalue weighted by atomic mass is 35.5. The van der Waals surface area contributed by atoms with Crippen LogP contribution in [-0.2, 0) is 4.79 Å². The minimum absolute atomic E-state index is 0.112. The van der Waals surface area contributed by atoms with Gasteiger partial charge in [0.2, 0.25) is 5.91 Å². The second-order valence-corrected chi connectivity index (χ2v) is 6.81. The Hall–Kier alpha value is -1.07. The maximum absolute atomic E-state index is 11.8. The highest BCUT2D eigenvalue weighted by Crippen LogP contribution is 2.32. The van der Waals surface area contributed by atoms with Gasteiger partial charge in [0.15, 0.2) is 5.75 Å². The molecule has 122 valence electrons. The lowest BCUT2D eigenvalue weighted by atomic mass is 10.3. The molecule has 0 spiro atoms. The summed E-state index contributed by atoms with van der Waals surface area (Å²) in [6.45, 7) is 0.410. The number of nitrogens with one attached hydrogen (secondary N) is 1. The molecule has 2 aromatic carbocycles. The summed E-state index contributed by atoms with van der Waals surface area (Å²) < 4.78 is 5.55. The van der Waals surface area contributed by atoms with Crippen LogP contribution in [0.5, 0.6) is 5.75 Å². The number of para-hydroxylation sites is 2. The Kier molecular flexibility index (Phi) is 7.37. The zero-order valence-corrected chi connectivity index (χ0v) is 15.1. The standard InChI is InChI=1S/C16H14Cl3NO2S/c17-11-4-1-2-7-14(11)20-15(21)10-23-9-8-22-16-12(18)5-3-6-13(16)19/h1-7H,8-10H2,(H,20,21). The van der Waals surface area contributed by atoms with E-state index in [1.165, 1.54) is 11.8 Å². The molecule has 2 aromatic rings. The van der Waals surface area contributed by atoms with Crippen LogP contribution >= 0.6 is 46.6 Å². The molecule has 0 heterocycles. The van der Waals surface area contributed by atoms with Crippen molar-refractivity contribution < 1.29 is 9.53 Å². The van der Waals surface area contributed by atoms with Gasteiger partial charge in [-0.05, 0) is 24.3 Å². The van der Waals surface area contributed by atoms with Gasteiger partial charge < -0.3 is 10.1 Å². The molecular weight excluding hydrogens is 377 g/mol. The van der Waals surface area contributed by atoms with Crippen LogP contribution in [0, 0.1) is 0 Å². The molecule has 0 aliphatic carbocycles. The zero-order valence-electron chi connectivity index (χ0n) is 12.0. The topological polar surface area (TPSA) is 38.3 Å². The second kappa shape index (κ2) is 9.28. The third-order valence-electron chi connectivity index (χ3n) is 2.77. The Balaban J connectivity index is 1.69. The first kappa shape index (κ1) is 18.3. The van der Waals surface area contributed by atoms with Crippen molar-refractivity contribution in [2.45, 2.75) is 0 Å². The molecule has 3 nitrogen and oxygen atoms in total. The van der Waals surface area contributed by atoms with Crippen molar-refractivity contribution in [2.24, 2.45) is 0 Å². The van der Waals surface area contributed by atoms with Crippen molar-refractivity contribution in [3.8, 4) is 5.75 Å². The van der Waals surface area contributed by atoms with E-state index >= 15 is 0 Å². The van der Waals surface area contributed by atoms with Gasteiger partial charge in [-0.2, -0.15) is 0 Å². The summed E-state index contributed by atoms with van der Waals surface area (Å²) in [5, 5.41) is 4.22. The summed E-state index contributed by atoms with van der Waals surface area (Å²) in [5.74, 6) is 1.30. The molecule has 0 radical (unpaired) electrons. The lowest BCUT2D eigenvalue weighted by molar-refractivity contribution is -0.113. The minimum atomic E-state index is -0.112. The van der Waals surface area contributed by atoms with E-state index in [1.54, 1.807) is 30.3 Å². The van der Waals surface area contributed by atoms with Crippen molar-refractivity contribution in [1.29, 1.82) is 0 Å². The number of ether oxygens (including phenoxy) is 1. The van der Waals surface area contributed by atoms with E-state index < -0.39 is 0 Å². The van der Waals surface area contributed by atoms with Gasteiger partial charge in [-0.1, -0.05) is 53.0 Å². The van der Waals surface area contributed by atoms with Crippen LogP contribution in [0.4, 0.5) is 5.69 Å². The summed E-state index contributed by atoms with van der Waals surface area (Å²) in [6, 6.07) is 12.3. The van der Waals surface area contributed by atoms with Crippen molar-refractivity contribution >= 4 is 58.2 Å². The van der Waals surface area contributed by atoms with Crippen LogP contribution in [0.3, 0.4) is 0 Å². The lowest BCUT2D eigenvalue weighted by Gasteiger charge is -2.10. The van der Waals surface area contributed by atoms with Gasteiger partial charge in [0.1, 0.15) is 0 Å². The van der Waals surface area contributed by atoms with Gasteiger partial charge in [0.05, 0.1) is 33.1 Å². The number of halogens is 3. The first-order valence-corrected chi connectivity index (χ1v) is 9.05. The van der Waals surface area contributed by atoms with Gasteiger partial charge in [-0.15, -0.1) is 11.8 Å². The number of thioether (sulfide) groups is 1. The molecule has 7 heteroatoms. The van der Waals surface area contributed by atoms with E-state index in [9.17, 15) is 4.79 Å². The molecule has 0 unspecified atom stereocenters. The van der Waals surface area contributed by atoms with Crippen LogP contribution in [0.1, 0.15) is 0 Å². The molecule has 0 aliphatic rings. The fourth-order valence-electron chi connectivity index (χ4n) is 1.74. The molecule has 0 fully saturated rings. The predicted molar refractivity (Wildman–Crippen MR) is 99.4 cm³/mol. The molecule has 0 aromatic heterocycles. The van der Waals surface area contributed by atoms with E-state index in [1.807, 2.05) is 12.1 Å². The highest BCUT2D eigenvalue weighted by Gasteiger charge is 2.08. The Morgan fingerprint density at radius 1 is 1.00 bits per heavy atom. The Morgan fingerprint density at radius 3 is 2.35 bits per heavy atom. The molecule has 0 aliphatic heterocycles. The van der Waals surface area contributed by atoms with E-state index in [4.69, 9.17) is 39.5 Å². The first-order valence-electron chi connectivity index (χ1n) is 6.77. The largest absolute Gasteiger partial charge is 0.490 e. The van der Waals surface area contributed by atoms with Gasteiger partial charge in [0.25, 0.3) is 0 Å². The van der Waals surface area contributed by atoms with Crippen LogP contribution in [0.25, 0.3) is 0 Å². The number of amides is 1. The Morgan fingerprint density at radius 2 is 1.65 bits per heavy atom. The van der Waals surface area contributed by atoms with E-state index in [0.29, 0.717) is 44.6 Å².